The molecule has 0 aliphatic rings. The summed E-state index contributed by atoms with van der Waals surface area (Å²) in [6.07, 6.45) is 3.51. The highest BCUT2D eigenvalue weighted by Crippen LogP contribution is 2.04. The molecule has 0 atom stereocenters. The summed E-state index contributed by atoms with van der Waals surface area (Å²) in [5, 5.41) is 0. The van der Waals surface area contributed by atoms with Crippen LogP contribution in [0.4, 0.5) is 4.39 Å². The van der Waals surface area contributed by atoms with Gasteiger partial charge in [0.05, 0.1) is 0 Å². The fourth-order valence-electron chi connectivity index (χ4n) is 1.67. The van der Waals surface area contributed by atoms with E-state index in [1.807, 2.05) is 10.6 Å². The minimum absolute atomic E-state index is 0.203. The van der Waals surface area contributed by atoms with Crippen molar-refractivity contribution in [3.8, 4) is 0 Å². The average molecular weight is 249 g/mol. The number of nitrogens with one attached hydrogen (secondary N) is 1. The van der Waals surface area contributed by atoms with Gasteiger partial charge in [0.2, 0.25) is 6.33 Å². The Bertz CT molecular complexity index is 551. The molecule has 0 saturated heterocycles. The van der Waals surface area contributed by atoms with Crippen molar-refractivity contribution in [1.82, 2.24) is 4.98 Å². The summed E-state index contributed by atoms with van der Waals surface area (Å²) in [7, 11) is 0. The van der Waals surface area contributed by atoms with Gasteiger partial charge in [-0.25, -0.2) is 13.9 Å². The molecule has 1 N–H and O–H groups in total. The fourth-order valence-corrected chi connectivity index (χ4v) is 1.67. The lowest BCUT2D eigenvalue weighted by Gasteiger charge is -2.03. The van der Waals surface area contributed by atoms with Gasteiger partial charge >= 0.3 is 5.97 Å². The molecule has 0 radical (unpaired) electrons. The number of hydrogen-bond acceptors (Lipinski definition) is 2. The number of ether oxygens (including phenoxy) is 1. The van der Waals surface area contributed by atoms with Crippen LogP contribution in [0.1, 0.15) is 18.2 Å². The van der Waals surface area contributed by atoms with Gasteiger partial charge in [0.1, 0.15) is 18.6 Å². The van der Waals surface area contributed by atoms with E-state index in [1.54, 1.807) is 18.6 Å². The maximum atomic E-state index is 13.1. The molecule has 1 aromatic heterocycles. The monoisotopic (exact) mass is 249 g/mol. The van der Waals surface area contributed by atoms with Crippen molar-refractivity contribution in [2.45, 2.75) is 20.1 Å². The molecule has 0 aliphatic heterocycles. The number of H-pyrrole nitrogens is 1. The number of carbonyl (C=O) groups excluding carboxylic acids is 1. The lowest BCUT2D eigenvalue weighted by atomic mass is 10.2. The Balaban J connectivity index is 2.10. The van der Waals surface area contributed by atoms with Crippen LogP contribution in [0.15, 0.2) is 36.8 Å². The van der Waals surface area contributed by atoms with E-state index in [4.69, 9.17) is 4.74 Å². The van der Waals surface area contributed by atoms with E-state index in [0.29, 0.717) is 6.54 Å². The second-order valence-corrected chi connectivity index (χ2v) is 3.97. The van der Waals surface area contributed by atoms with Crippen LogP contribution in [0.25, 0.3) is 0 Å². The molecule has 5 heteroatoms. The molecule has 0 aliphatic carbocycles. The zero-order valence-electron chi connectivity index (χ0n) is 10.0. The summed E-state index contributed by atoms with van der Waals surface area (Å²) in [4.78, 5) is 13.7. The number of aromatic amines is 1. The molecule has 0 fully saturated rings. The molecule has 94 valence electrons. The molecule has 4 nitrogen and oxygen atoms in total. The highest BCUT2D eigenvalue weighted by Gasteiger charge is 2.11. The Hall–Kier alpha value is -2.17. The van der Waals surface area contributed by atoms with E-state index < -0.39 is 0 Å². The number of carbonyl (C=O) groups is 1. The van der Waals surface area contributed by atoms with E-state index >= 15 is 0 Å². The maximum Gasteiger partial charge on any atom is 0.303 e. The number of aromatic nitrogens is 2. The third-order valence-corrected chi connectivity index (χ3v) is 2.51. The third kappa shape index (κ3) is 3.16. The number of benzene rings is 1. The van der Waals surface area contributed by atoms with Crippen LogP contribution in [0.2, 0.25) is 0 Å². The topological polar surface area (TPSA) is 46.0 Å². The Labute approximate surface area is 104 Å². The van der Waals surface area contributed by atoms with Crippen molar-refractivity contribution in [1.29, 1.82) is 0 Å². The summed E-state index contributed by atoms with van der Waals surface area (Å²) in [5.74, 6) is -0.585. The fraction of sp³-hybridized carbons (Fsp3) is 0.231. The Morgan fingerprint density at radius 3 is 3.06 bits per heavy atom. The van der Waals surface area contributed by atoms with Crippen molar-refractivity contribution < 1.29 is 18.5 Å². The molecule has 0 bridgehead atoms. The van der Waals surface area contributed by atoms with Gasteiger partial charge in [-0.1, -0.05) is 12.1 Å². The first kappa shape index (κ1) is 12.3. The quantitative estimate of drug-likeness (QED) is 0.660. The summed E-state index contributed by atoms with van der Waals surface area (Å²) in [6.45, 7) is 2.09. The first-order chi connectivity index (χ1) is 8.65. The SMILES string of the molecule is CC(=O)OCc1c[nH]c[n+]1Cc1cccc(F)c1. The van der Waals surface area contributed by atoms with Crippen LogP contribution in [0, 0.1) is 5.82 Å². The number of imidazole rings is 1. The molecular weight excluding hydrogens is 235 g/mol. The summed E-state index contributed by atoms with van der Waals surface area (Å²) < 4.78 is 19.9. The average Bonchev–Trinajstić information content (AvgIpc) is 2.74. The molecular formula is C13H14FN2O2+. The normalized spacial score (nSPS) is 10.3. The van der Waals surface area contributed by atoms with Crippen molar-refractivity contribution in [2.75, 3.05) is 0 Å². The Morgan fingerprint density at radius 1 is 1.50 bits per heavy atom. The van der Waals surface area contributed by atoms with Crippen LogP contribution in [-0.4, -0.2) is 11.0 Å². The van der Waals surface area contributed by atoms with Gasteiger partial charge in [-0.15, -0.1) is 0 Å². The molecule has 0 unspecified atom stereocenters. The molecule has 1 heterocycles. The summed E-state index contributed by atoms with van der Waals surface area (Å²) in [6, 6.07) is 6.41. The predicted octanol–water partition coefficient (Wildman–Crippen LogP) is 1.55. The van der Waals surface area contributed by atoms with Gasteiger partial charge in [-0.05, 0) is 17.7 Å². The Morgan fingerprint density at radius 2 is 2.33 bits per heavy atom. The maximum absolute atomic E-state index is 13.1. The standard InChI is InChI=1S/C13H13FN2O2/c1-10(17)18-8-13-6-15-9-16(13)7-11-3-2-4-12(14)5-11/h2-6,9H,7-8H2,1H3/p+1. The van der Waals surface area contributed by atoms with E-state index in [2.05, 4.69) is 4.98 Å². The Kier molecular flexibility index (Phi) is 3.72. The van der Waals surface area contributed by atoms with Crippen molar-refractivity contribution in [2.24, 2.45) is 0 Å². The zero-order chi connectivity index (χ0) is 13.0. The van der Waals surface area contributed by atoms with Gasteiger partial charge in [-0.2, -0.15) is 0 Å². The second-order valence-electron chi connectivity index (χ2n) is 3.97. The number of halogens is 1. The smallest absolute Gasteiger partial charge is 0.303 e. The molecule has 2 aromatic rings. The zero-order valence-corrected chi connectivity index (χ0v) is 10.0. The van der Waals surface area contributed by atoms with Crippen LogP contribution in [-0.2, 0) is 22.7 Å². The minimum Gasteiger partial charge on any atom is -0.457 e. The molecule has 0 saturated carbocycles. The molecule has 1 aromatic carbocycles. The van der Waals surface area contributed by atoms with Gasteiger partial charge in [0, 0.05) is 6.92 Å². The van der Waals surface area contributed by atoms with Crippen molar-refractivity contribution in [3.05, 3.63) is 53.9 Å². The molecule has 18 heavy (non-hydrogen) atoms. The second kappa shape index (κ2) is 5.44. The highest BCUT2D eigenvalue weighted by atomic mass is 19.1. The summed E-state index contributed by atoms with van der Waals surface area (Å²) >= 11 is 0. The number of rotatable bonds is 4. The minimum atomic E-state index is -0.325. The number of esters is 1. The van der Waals surface area contributed by atoms with Crippen molar-refractivity contribution in [3.63, 3.8) is 0 Å². The van der Waals surface area contributed by atoms with E-state index in [-0.39, 0.29) is 18.4 Å². The lowest BCUT2D eigenvalue weighted by Crippen LogP contribution is -2.36. The lowest BCUT2D eigenvalue weighted by molar-refractivity contribution is -0.695. The first-order valence-electron chi connectivity index (χ1n) is 5.58. The summed E-state index contributed by atoms with van der Waals surface area (Å²) in [5.41, 5.74) is 1.68. The van der Waals surface area contributed by atoms with Gasteiger partial charge < -0.3 is 4.74 Å². The van der Waals surface area contributed by atoms with Crippen molar-refractivity contribution >= 4 is 5.97 Å². The highest BCUT2D eigenvalue weighted by molar-refractivity contribution is 5.65. The first-order valence-corrected chi connectivity index (χ1v) is 5.58. The predicted molar refractivity (Wildman–Crippen MR) is 62.0 cm³/mol. The largest absolute Gasteiger partial charge is 0.457 e. The van der Waals surface area contributed by atoms with Crippen LogP contribution < -0.4 is 4.57 Å². The molecule has 2 rings (SSSR count). The van der Waals surface area contributed by atoms with E-state index in [9.17, 15) is 9.18 Å². The molecule has 0 amide bonds. The van der Waals surface area contributed by atoms with Crippen LogP contribution in [0.3, 0.4) is 0 Å². The van der Waals surface area contributed by atoms with Gasteiger partial charge in [-0.3, -0.25) is 4.79 Å². The van der Waals surface area contributed by atoms with E-state index in [0.717, 1.165) is 11.3 Å². The van der Waals surface area contributed by atoms with Crippen LogP contribution in [0.5, 0.6) is 0 Å². The molecule has 0 spiro atoms. The van der Waals surface area contributed by atoms with E-state index in [1.165, 1.54) is 19.1 Å². The van der Waals surface area contributed by atoms with Gasteiger partial charge in [0.15, 0.2) is 12.3 Å². The third-order valence-electron chi connectivity index (χ3n) is 2.51. The number of nitrogens with zero attached hydrogens (tertiary/aromatic N) is 1. The number of hydrogen-bond donors (Lipinski definition) is 1. The van der Waals surface area contributed by atoms with Crippen LogP contribution >= 0.6 is 0 Å². The van der Waals surface area contributed by atoms with Gasteiger partial charge in [0.25, 0.3) is 0 Å².